The molecule has 3 rings (SSSR count). The monoisotopic (exact) mass is 259 g/mol. The lowest BCUT2D eigenvalue weighted by molar-refractivity contribution is 0.402. The first kappa shape index (κ1) is 12.0. The molecule has 1 aromatic heterocycles. The van der Waals surface area contributed by atoms with E-state index in [1.165, 1.54) is 0 Å². The van der Waals surface area contributed by atoms with Gasteiger partial charge in [0.2, 0.25) is 0 Å². The fraction of sp³-hybridized carbons (Fsp3) is 0.429. The predicted octanol–water partition coefficient (Wildman–Crippen LogP) is 2.51. The SMILES string of the molecule is COc1cc(-c2nc(N3CC(C)C3)no2)ccc1C. The van der Waals surface area contributed by atoms with Crippen molar-refractivity contribution < 1.29 is 9.26 Å². The van der Waals surface area contributed by atoms with Crippen LogP contribution >= 0.6 is 0 Å². The highest BCUT2D eigenvalue weighted by Crippen LogP contribution is 2.28. The lowest BCUT2D eigenvalue weighted by atomic mass is 10.0. The summed E-state index contributed by atoms with van der Waals surface area (Å²) in [7, 11) is 1.66. The molecule has 5 heteroatoms. The summed E-state index contributed by atoms with van der Waals surface area (Å²) in [5.41, 5.74) is 1.97. The third-order valence-corrected chi connectivity index (χ3v) is 3.42. The molecule has 100 valence electrons. The summed E-state index contributed by atoms with van der Waals surface area (Å²) in [6.45, 7) is 6.21. The molecule has 0 bridgehead atoms. The van der Waals surface area contributed by atoms with Gasteiger partial charge in [-0.2, -0.15) is 4.98 Å². The Labute approximate surface area is 112 Å². The molecule has 0 amide bonds. The normalized spacial score (nSPS) is 15.4. The van der Waals surface area contributed by atoms with Gasteiger partial charge >= 0.3 is 0 Å². The van der Waals surface area contributed by atoms with Crippen molar-refractivity contribution in [3.8, 4) is 17.2 Å². The molecule has 0 unspecified atom stereocenters. The van der Waals surface area contributed by atoms with Crippen molar-refractivity contribution in [1.29, 1.82) is 0 Å². The number of methoxy groups -OCH3 is 1. The number of hydrogen-bond acceptors (Lipinski definition) is 5. The zero-order valence-electron chi connectivity index (χ0n) is 11.4. The van der Waals surface area contributed by atoms with Crippen molar-refractivity contribution in [3.05, 3.63) is 23.8 Å². The first-order chi connectivity index (χ1) is 9.17. The number of hydrogen-bond donors (Lipinski definition) is 0. The lowest BCUT2D eigenvalue weighted by Gasteiger charge is -2.35. The van der Waals surface area contributed by atoms with Crippen LogP contribution in [-0.4, -0.2) is 30.3 Å². The molecule has 2 aromatic rings. The second kappa shape index (κ2) is 4.57. The number of ether oxygens (including phenoxy) is 1. The number of anilines is 1. The van der Waals surface area contributed by atoms with Gasteiger partial charge in [0.1, 0.15) is 5.75 Å². The van der Waals surface area contributed by atoms with E-state index < -0.39 is 0 Å². The van der Waals surface area contributed by atoms with E-state index in [2.05, 4.69) is 22.0 Å². The second-order valence-corrected chi connectivity index (χ2v) is 5.09. The molecule has 19 heavy (non-hydrogen) atoms. The molecule has 0 atom stereocenters. The first-order valence-electron chi connectivity index (χ1n) is 6.41. The van der Waals surface area contributed by atoms with Crippen molar-refractivity contribution in [3.63, 3.8) is 0 Å². The fourth-order valence-corrected chi connectivity index (χ4v) is 2.28. The van der Waals surface area contributed by atoms with E-state index in [0.717, 1.165) is 30.0 Å². The number of nitrogens with zero attached hydrogens (tertiary/aromatic N) is 3. The summed E-state index contributed by atoms with van der Waals surface area (Å²) in [5.74, 6) is 2.75. The third-order valence-electron chi connectivity index (χ3n) is 3.42. The van der Waals surface area contributed by atoms with Gasteiger partial charge in [0.15, 0.2) is 0 Å². The Kier molecular flexibility index (Phi) is 2.89. The molecule has 1 fully saturated rings. The minimum atomic E-state index is 0.535. The Hall–Kier alpha value is -2.04. The smallest absolute Gasteiger partial charge is 0.266 e. The minimum absolute atomic E-state index is 0.535. The van der Waals surface area contributed by atoms with Gasteiger partial charge in [-0.05, 0) is 35.7 Å². The minimum Gasteiger partial charge on any atom is -0.496 e. The van der Waals surface area contributed by atoms with Crippen LogP contribution in [0, 0.1) is 12.8 Å². The number of aryl methyl sites for hydroxylation is 1. The Bertz CT molecular complexity index is 588. The zero-order chi connectivity index (χ0) is 13.4. The molecular weight excluding hydrogens is 242 g/mol. The van der Waals surface area contributed by atoms with Crippen LogP contribution in [0.4, 0.5) is 5.95 Å². The summed E-state index contributed by atoms with van der Waals surface area (Å²) >= 11 is 0. The van der Waals surface area contributed by atoms with Gasteiger partial charge < -0.3 is 14.2 Å². The molecule has 0 radical (unpaired) electrons. The van der Waals surface area contributed by atoms with Crippen LogP contribution in [0.2, 0.25) is 0 Å². The Morgan fingerprint density at radius 2 is 2.16 bits per heavy atom. The van der Waals surface area contributed by atoms with Crippen LogP contribution in [0.15, 0.2) is 22.7 Å². The van der Waals surface area contributed by atoms with Gasteiger partial charge in [-0.3, -0.25) is 0 Å². The Morgan fingerprint density at radius 1 is 1.37 bits per heavy atom. The molecule has 0 saturated carbocycles. The summed E-state index contributed by atoms with van der Waals surface area (Å²) < 4.78 is 10.6. The average molecular weight is 259 g/mol. The van der Waals surface area contributed by atoms with E-state index in [1.54, 1.807) is 7.11 Å². The Morgan fingerprint density at radius 3 is 2.84 bits per heavy atom. The molecule has 0 aliphatic carbocycles. The molecule has 0 N–H and O–H groups in total. The molecular formula is C14H17N3O2. The summed E-state index contributed by atoms with van der Waals surface area (Å²) in [5, 5.41) is 4.03. The highest BCUT2D eigenvalue weighted by atomic mass is 16.5. The molecule has 1 aromatic carbocycles. The molecule has 0 spiro atoms. The maximum atomic E-state index is 5.32. The van der Waals surface area contributed by atoms with E-state index in [9.17, 15) is 0 Å². The van der Waals surface area contributed by atoms with E-state index >= 15 is 0 Å². The van der Waals surface area contributed by atoms with E-state index in [4.69, 9.17) is 9.26 Å². The summed E-state index contributed by atoms with van der Waals surface area (Å²) in [6, 6.07) is 5.88. The van der Waals surface area contributed by atoms with E-state index in [-0.39, 0.29) is 0 Å². The van der Waals surface area contributed by atoms with Gasteiger partial charge in [-0.1, -0.05) is 13.0 Å². The van der Waals surface area contributed by atoms with Crippen LogP contribution in [0.1, 0.15) is 12.5 Å². The lowest BCUT2D eigenvalue weighted by Crippen LogP contribution is -2.45. The van der Waals surface area contributed by atoms with Crippen molar-refractivity contribution >= 4 is 5.95 Å². The number of benzene rings is 1. The number of aromatic nitrogens is 2. The highest BCUT2D eigenvalue weighted by molar-refractivity contribution is 5.59. The zero-order valence-corrected chi connectivity index (χ0v) is 11.4. The van der Waals surface area contributed by atoms with Crippen molar-refractivity contribution in [2.75, 3.05) is 25.1 Å². The fourth-order valence-electron chi connectivity index (χ4n) is 2.28. The van der Waals surface area contributed by atoms with Crippen molar-refractivity contribution in [2.45, 2.75) is 13.8 Å². The van der Waals surface area contributed by atoms with Crippen LogP contribution < -0.4 is 9.64 Å². The van der Waals surface area contributed by atoms with Gasteiger partial charge in [0.25, 0.3) is 11.8 Å². The Balaban J connectivity index is 1.86. The highest BCUT2D eigenvalue weighted by Gasteiger charge is 2.26. The summed E-state index contributed by atoms with van der Waals surface area (Å²) in [4.78, 5) is 6.55. The topological polar surface area (TPSA) is 51.4 Å². The van der Waals surface area contributed by atoms with Crippen LogP contribution in [0.3, 0.4) is 0 Å². The van der Waals surface area contributed by atoms with Crippen LogP contribution in [0.5, 0.6) is 5.75 Å². The predicted molar refractivity (Wildman–Crippen MR) is 72.4 cm³/mol. The quantitative estimate of drug-likeness (QED) is 0.847. The summed E-state index contributed by atoms with van der Waals surface area (Å²) in [6.07, 6.45) is 0. The number of rotatable bonds is 3. The molecule has 1 aliphatic rings. The largest absolute Gasteiger partial charge is 0.496 e. The van der Waals surface area contributed by atoms with Crippen LogP contribution in [0.25, 0.3) is 11.5 Å². The van der Waals surface area contributed by atoms with Gasteiger partial charge in [-0.15, -0.1) is 0 Å². The standard InChI is InChI=1S/C14H17N3O2/c1-9-7-17(8-9)14-15-13(19-16-14)11-5-4-10(2)12(6-11)18-3/h4-6,9H,7-8H2,1-3H3. The average Bonchev–Trinajstić information content (AvgIpc) is 2.85. The second-order valence-electron chi connectivity index (χ2n) is 5.09. The maximum absolute atomic E-state index is 5.32. The maximum Gasteiger partial charge on any atom is 0.266 e. The van der Waals surface area contributed by atoms with Crippen LogP contribution in [-0.2, 0) is 0 Å². The van der Waals surface area contributed by atoms with E-state index in [0.29, 0.717) is 17.8 Å². The third kappa shape index (κ3) is 2.16. The van der Waals surface area contributed by atoms with E-state index in [1.807, 2.05) is 25.1 Å². The van der Waals surface area contributed by atoms with Crippen molar-refractivity contribution in [1.82, 2.24) is 10.1 Å². The molecule has 1 saturated heterocycles. The van der Waals surface area contributed by atoms with Gasteiger partial charge in [0.05, 0.1) is 7.11 Å². The van der Waals surface area contributed by atoms with Gasteiger partial charge in [0, 0.05) is 18.7 Å². The molecule has 5 nitrogen and oxygen atoms in total. The molecule has 2 heterocycles. The first-order valence-corrected chi connectivity index (χ1v) is 6.41. The van der Waals surface area contributed by atoms with Gasteiger partial charge in [-0.25, -0.2) is 0 Å². The van der Waals surface area contributed by atoms with Crippen molar-refractivity contribution in [2.24, 2.45) is 5.92 Å². The molecule has 1 aliphatic heterocycles.